The summed E-state index contributed by atoms with van der Waals surface area (Å²) in [5, 5.41) is 3.33. The van der Waals surface area contributed by atoms with Crippen molar-refractivity contribution in [1.29, 1.82) is 0 Å². The number of hydrogen-bond acceptors (Lipinski definition) is 2. The standard InChI is InChI=1S/C18H23NO/c1-3-17(19-2)13-15-9-11-18(12-10-15)20-14-16-7-5-4-6-8-16/h4-12,17,19H,3,13-14H2,1-2H3. The molecule has 1 N–H and O–H groups in total. The second-order valence-corrected chi connectivity index (χ2v) is 5.02. The molecule has 2 aromatic rings. The molecule has 2 heteroatoms. The number of benzene rings is 2. The van der Waals surface area contributed by atoms with Gasteiger partial charge < -0.3 is 10.1 Å². The van der Waals surface area contributed by atoms with E-state index in [1.807, 2.05) is 25.2 Å². The molecule has 2 rings (SSSR count). The summed E-state index contributed by atoms with van der Waals surface area (Å²) in [5.74, 6) is 0.926. The fourth-order valence-corrected chi connectivity index (χ4v) is 2.20. The molecule has 106 valence electrons. The van der Waals surface area contributed by atoms with Gasteiger partial charge in [0.25, 0.3) is 0 Å². The minimum Gasteiger partial charge on any atom is -0.489 e. The van der Waals surface area contributed by atoms with Gasteiger partial charge in [-0.2, -0.15) is 0 Å². The Kier molecular flexibility index (Phi) is 5.63. The Morgan fingerprint density at radius 2 is 1.65 bits per heavy atom. The van der Waals surface area contributed by atoms with E-state index in [0.717, 1.165) is 18.6 Å². The molecule has 0 aliphatic heterocycles. The topological polar surface area (TPSA) is 21.3 Å². The largest absolute Gasteiger partial charge is 0.489 e. The van der Waals surface area contributed by atoms with Crippen molar-refractivity contribution < 1.29 is 4.74 Å². The third-order valence-electron chi connectivity index (χ3n) is 3.55. The molecule has 0 aliphatic rings. The summed E-state index contributed by atoms with van der Waals surface area (Å²) >= 11 is 0. The van der Waals surface area contributed by atoms with Gasteiger partial charge in [-0.25, -0.2) is 0 Å². The van der Waals surface area contributed by atoms with Crippen molar-refractivity contribution in [1.82, 2.24) is 5.32 Å². The van der Waals surface area contributed by atoms with Crippen molar-refractivity contribution >= 4 is 0 Å². The van der Waals surface area contributed by atoms with Crippen LogP contribution in [0.2, 0.25) is 0 Å². The van der Waals surface area contributed by atoms with Gasteiger partial charge in [-0.1, -0.05) is 49.4 Å². The molecule has 0 aliphatic carbocycles. The monoisotopic (exact) mass is 269 g/mol. The maximum Gasteiger partial charge on any atom is 0.119 e. The van der Waals surface area contributed by atoms with Gasteiger partial charge in [-0.3, -0.25) is 0 Å². The van der Waals surface area contributed by atoms with Gasteiger partial charge in [0.1, 0.15) is 12.4 Å². The summed E-state index contributed by atoms with van der Waals surface area (Å²) in [6, 6.07) is 19.2. The number of rotatable bonds is 7. The van der Waals surface area contributed by atoms with E-state index in [-0.39, 0.29) is 0 Å². The van der Waals surface area contributed by atoms with Crippen molar-refractivity contribution in [2.45, 2.75) is 32.4 Å². The van der Waals surface area contributed by atoms with Crippen LogP contribution in [0.4, 0.5) is 0 Å². The number of ether oxygens (including phenoxy) is 1. The third kappa shape index (κ3) is 4.39. The molecule has 0 aromatic heterocycles. The van der Waals surface area contributed by atoms with Crippen molar-refractivity contribution in [3.05, 3.63) is 65.7 Å². The van der Waals surface area contributed by atoms with Gasteiger partial charge in [0, 0.05) is 6.04 Å². The van der Waals surface area contributed by atoms with Gasteiger partial charge in [0.2, 0.25) is 0 Å². The van der Waals surface area contributed by atoms with E-state index in [4.69, 9.17) is 4.74 Å². The van der Waals surface area contributed by atoms with Crippen LogP contribution < -0.4 is 10.1 Å². The molecule has 0 amide bonds. The fraction of sp³-hybridized carbons (Fsp3) is 0.333. The lowest BCUT2D eigenvalue weighted by atomic mass is 10.0. The van der Waals surface area contributed by atoms with Crippen LogP contribution in [0.3, 0.4) is 0 Å². The molecule has 0 saturated heterocycles. The summed E-state index contributed by atoms with van der Waals surface area (Å²) in [7, 11) is 2.02. The molecular weight excluding hydrogens is 246 g/mol. The fourth-order valence-electron chi connectivity index (χ4n) is 2.20. The van der Waals surface area contributed by atoms with Gasteiger partial charge in [0.05, 0.1) is 0 Å². The number of nitrogens with one attached hydrogen (secondary N) is 1. The van der Waals surface area contributed by atoms with Gasteiger partial charge >= 0.3 is 0 Å². The lowest BCUT2D eigenvalue weighted by Gasteiger charge is -2.14. The maximum absolute atomic E-state index is 5.79. The predicted molar refractivity (Wildman–Crippen MR) is 84.1 cm³/mol. The Labute approximate surface area is 121 Å². The predicted octanol–water partition coefficient (Wildman–Crippen LogP) is 3.81. The molecule has 0 radical (unpaired) electrons. The van der Waals surface area contributed by atoms with Crippen molar-refractivity contribution in [3.8, 4) is 5.75 Å². The van der Waals surface area contributed by atoms with E-state index < -0.39 is 0 Å². The highest BCUT2D eigenvalue weighted by atomic mass is 16.5. The molecular formula is C18H23NO. The highest BCUT2D eigenvalue weighted by Crippen LogP contribution is 2.15. The minimum atomic E-state index is 0.547. The van der Waals surface area contributed by atoms with Crippen molar-refractivity contribution in [3.63, 3.8) is 0 Å². The average molecular weight is 269 g/mol. The van der Waals surface area contributed by atoms with Crippen LogP contribution in [-0.2, 0) is 13.0 Å². The van der Waals surface area contributed by atoms with Gasteiger partial charge in [0.15, 0.2) is 0 Å². The Morgan fingerprint density at radius 1 is 0.950 bits per heavy atom. The van der Waals surface area contributed by atoms with E-state index in [1.54, 1.807) is 0 Å². The summed E-state index contributed by atoms with van der Waals surface area (Å²) in [6.45, 7) is 2.83. The zero-order valence-corrected chi connectivity index (χ0v) is 12.3. The van der Waals surface area contributed by atoms with Crippen LogP contribution >= 0.6 is 0 Å². The van der Waals surface area contributed by atoms with Crippen molar-refractivity contribution in [2.75, 3.05) is 7.05 Å². The second-order valence-electron chi connectivity index (χ2n) is 5.02. The molecule has 0 spiro atoms. The SMILES string of the molecule is CCC(Cc1ccc(OCc2ccccc2)cc1)NC. The van der Waals surface area contributed by atoms with E-state index in [9.17, 15) is 0 Å². The summed E-state index contributed by atoms with van der Waals surface area (Å²) in [4.78, 5) is 0. The number of likely N-dealkylation sites (N-methyl/N-ethyl adjacent to an activating group) is 1. The Balaban J connectivity index is 1.88. The molecule has 1 unspecified atom stereocenters. The number of hydrogen-bond donors (Lipinski definition) is 1. The third-order valence-corrected chi connectivity index (χ3v) is 3.55. The zero-order chi connectivity index (χ0) is 14.2. The molecule has 0 bridgehead atoms. The van der Waals surface area contributed by atoms with Crippen LogP contribution in [0, 0.1) is 0 Å². The van der Waals surface area contributed by atoms with Gasteiger partial charge in [-0.05, 0) is 43.1 Å². The molecule has 0 fully saturated rings. The first-order valence-electron chi connectivity index (χ1n) is 7.24. The summed E-state index contributed by atoms with van der Waals surface area (Å²) in [5.41, 5.74) is 2.54. The lowest BCUT2D eigenvalue weighted by Crippen LogP contribution is -2.26. The summed E-state index contributed by atoms with van der Waals surface area (Å²) < 4.78 is 5.79. The Bertz CT molecular complexity index is 489. The lowest BCUT2D eigenvalue weighted by molar-refractivity contribution is 0.306. The first kappa shape index (κ1) is 14.6. The van der Waals surface area contributed by atoms with E-state index >= 15 is 0 Å². The first-order chi connectivity index (χ1) is 9.81. The van der Waals surface area contributed by atoms with E-state index in [0.29, 0.717) is 12.6 Å². The smallest absolute Gasteiger partial charge is 0.119 e. The molecule has 0 saturated carbocycles. The molecule has 2 aromatic carbocycles. The molecule has 20 heavy (non-hydrogen) atoms. The van der Waals surface area contributed by atoms with Crippen LogP contribution in [0.5, 0.6) is 5.75 Å². The molecule has 2 nitrogen and oxygen atoms in total. The normalized spacial score (nSPS) is 12.1. The van der Waals surface area contributed by atoms with Gasteiger partial charge in [-0.15, -0.1) is 0 Å². The van der Waals surface area contributed by atoms with E-state index in [2.05, 4.69) is 48.6 Å². The second kappa shape index (κ2) is 7.71. The van der Waals surface area contributed by atoms with Crippen LogP contribution in [-0.4, -0.2) is 13.1 Å². The van der Waals surface area contributed by atoms with E-state index in [1.165, 1.54) is 11.1 Å². The quantitative estimate of drug-likeness (QED) is 0.825. The highest BCUT2D eigenvalue weighted by molar-refractivity contribution is 5.28. The first-order valence-corrected chi connectivity index (χ1v) is 7.24. The highest BCUT2D eigenvalue weighted by Gasteiger charge is 2.04. The zero-order valence-electron chi connectivity index (χ0n) is 12.3. The summed E-state index contributed by atoms with van der Waals surface area (Å²) in [6.07, 6.45) is 2.20. The molecule has 0 heterocycles. The van der Waals surface area contributed by atoms with Crippen molar-refractivity contribution in [2.24, 2.45) is 0 Å². The average Bonchev–Trinajstić information content (AvgIpc) is 2.53. The Hall–Kier alpha value is -1.80. The van der Waals surface area contributed by atoms with Crippen LogP contribution in [0.1, 0.15) is 24.5 Å². The Morgan fingerprint density at radius 3 is 2.25 bits per heavy atom. The molecule has 1 atom stereocenters. The minimum absolute atomic E-state index is 0.547. The maximum atomic E-state index is 5.79. The van der Waals surface area contributed by atoms with Crippen LogP contribution in [0.25, 0.3) is 0 Å². The van der Waals surface area contributed by atoms with Crippen LogP contribution in [0.15, 0.2) is 54.6 Å².